The fraction of sp³-hybridized carbons (Fsp3) is 0.0909. The lowest BCUT2D eigenvalue weighted by atomic mass is 10.1. The molecule has 94 valence electrons. The summed E-state index contributed by atoms with van der Waals surface area (Å²) in [5.74, 6) is -0.919. The van der Waals surface area contributed by atoms with Gasteiger partial charge in [0.25, 0.3) is 0 Å². The predicted molar refractivity (Wildman–Crippen MR) is 61.4 cm³/mol. The Morgan fingerprint density at radius 1 is 1.33 bits per heavy atom. The molecule has 0 amide bonds. The van der Waals surface area contributed by atoms with Gasteiger partial charge in [-0.15, -0.1) is 3.89 Å². The number of aromatic nitrogens is 1. The van der Waals surface area contributed by atoms with Gasteiger partial charge in [0.1, 0.15) is 4.90 Å². The standard InChI is InChI=1S/C11H8FNO4S/c1-17-11(14)8-4-5-9-7(3-2-6-13-9)10(8)18(12,15)16/h2-6H,1H3. The number of hydrogen-bond acceptors (Lipinski definition) is 5. The number of nitrogens with zero attached hydrogens (tertiary/aromatic N) is 1. The Morgan fingerprint density at radius 3 is 2.67 bits per heavy atom. The minimum atomic E-state index is -5.06. The van der Waals surface area contributed by atoms with Crippen molar-refractivity contribution < 1.29 is 21.8 Å². The molecule has 0 radical (unpaired) electrons. The second-order valence-corrected chi connectivity index (χ2v) is 4.73. The monoisotopic (exact) mass is 269 g/mol. The molecule has 0 unspecified atom stereocenters. The molecule has 5 nitrogen and oxygen atoms in total. The number of halogens is 1. The van der Waals surface area contributed by atoms with Crippen molar-refractivity contribution in [1.82, 2.24) is 4.98 Å². The molecule has 0 aliphatic rings. The van der Waals surface area contributed by atoms with E-state index in [4.69, 9.17) is 0 Å². The molecule has 2 aromatic rings. The Labute approximate surface area is 102 Å². The summed E-state index contributed by atoms with van der Waals surface area (Å²) in [5.41, 5.74) is -0.0677. The maximum absolute atomic E-state index is 13.3. The molecule has 1 heterocycles. The van der Waals surface area contributed by atoms with Gasteiger partial charge in [-0.3, -0.25) is 4.98 Å². The van der Waals surface area contributed by atoms with E-state index in [1.54, 1.807) is 0 Å². The van der Waals surface area contributed by atoms with E-state index in [-0.39, 0.29) is 16.5 Å². The van der Waals surface area contributed by atoms with Gasteiger partial charge >= 0.3 is 16.2 Å². The molecule has 7 heteroatoms. The molecular weight excluding hydrogens is 261 g/mol. The molecule has 0 atom stereocenters. The normalized spacial score (nSPS) is 11.4. The highest BCUT2D eigenvalue weighted by atomic mass is 32.3. The van der Waals surface area contributed by atoms with E-state index in [1.165, 1.54) is 30.5 Å². The predicted octanol–water partition coefficient (Wildman–Crippen LogP) is 1.68. The summed E-state index contributed by atoms with van der Waals surface area (Å²) in [7, 11) is -3.97. The number of hydrogen-bond donors (Lipinski definition) is 0. The molecule has 0 saturated carbocycles. The smallest absolute Gasteiger partial charge is 0.339 e. The topological polar surface area (TPSA) is 73.3 Å². The number of esters is 1. The largest absolute Gasteiger partial charge is 0.465 e. The van der Waals surface area contributed by atoms with Gasteiger partial charge in [0.2, 0.25) is 0 Å². The second-order valence-electron chi connectivity index (χ2n) is 3.44. The van der Waals surface area contributed by atoms with E-state index >= 15 is 0 Å². The maximum atomic E-state index is 13.3. The van der Waals surface area contributed by atoms with Crippen molar-refractivity contribution >= 4 is 27.1 Å². The molecular formula is C11H8FNO4S. The van der Waals surface area contributed by atoms with Crippen LogP contribution < -0.4 is 0 Å². The van der Waals surface area contributed by atoms with Gasteiger partial charge in [-0.1, -0.05) is 0 Å². The minimum Gasteiger partial charge on any atom is -0.465 e. The summed E-state index contributed by atoms with van der Waals surface area (Å²) in [4.78, 5) is 14.6. The van der Waals surface area contributed by atoms with Crippen molar-refractivity contribution in [2.45, 2.75) is 4.90 Å². The molecule has 2 rings (SSSR count). The summed E-state index contributed by atoms with van der Waals surface area (Å²) >= 11 is 0. The molecule has 0 saturated heterocycles. The minimum absolute atomic E-state index is 0.0444. The van der Waals surface area contributed by atoms with Crippen LogP contribution >= 0.6 is 0 Å². The summed E-state index contributed by atoms with van der Waals surface area (Å²) in [6.45, 7) is 0. The van der Waals surface area contributed by atoms with Crippen molar-refractivity contribution in [1.29, 1.82) is 0 Å². The number of carbonyl (C=O) groups is 1. The average molecular weight is 269 g/mol. The van der Waals surface area contributed by atoms with E-state index < -0.39 is 21.1 Å². The first kappa shape index (κ1) is 12.4. The van der Waals surface area contributed by atoms with E-state index in [0.717, 1.165) is 7.11 Å². The van der Waals surface area contributed by atoms with Gasteiger partial charge in [0, 0.05) is 11.6 Å². The van der Waals surface area contributed by atoms with Crippen LogP contribution in [0.1, 0.15) is 10.4 Å². The third kappa shape index (κ3) is 2.04. The zero-order valence-corrected chi connectivity index (χ0v) is 10.1. The number of ether oxygens (including phenoxy) is 1. The van der Waals surface area contributed by atoms with Crippen LogP contribution in [0.2, 0.25) is 0 Å². The van der Waals surface area contributed by atoms with Crippen LogP contribution in [-0.4, -0.2) is 26.5 Å². The molecule has 0 aliphatic carbocycles. The molecule has 18 heavy (non-hydrogen) atoms. The number of methoxy groups -OCH3 is 1. The summed E-state index contributed by atoms with van der Waals surface area (Å²) in [5, 5.41) is 0.0444. The number of carbonyl (C=O) groups excluding carboxylic acids is 1. The van der Waals surface area contributed by atoms with Crippen molar-refractivity contribution in [2.24, 2.45) is 0 Å². The Hall–Kier alpha value is -2.02. The van der Waals surface area contributed by atoms with Crippen molar-refractivity contribution in [2.75, 3.05) is 7.11 Å². The Morgan fingerprint density at radius 2 is 2.06 bits per heavy atom. The van der Waals surface area contributed by atoms with Crippen LogP contribution in [0.15, 0.2) is 35.4 Å². The van der Waals surface area contributed by atoms with Gasteiger partial charge < -0.3 is 4.74 Å². The van der Waals surface area contributed by atoms with Crippen molar-refractivity contribution in [3.05, 3.63) is 36.0 Å². The first-order valence-corrected chi connectivity index (χ1v) is 6.24. The van der Waals surface area contributed by atoms with E-state index in [1.807, 2.05) is 0 Å². The zero-order valence-electron chi connectivity index (χ0n) is 9.25. The lowest BCUT2D eigenvalue weighted by molar-refractivity contribution is 0.0596. The number of pyridine rings is 1. The third-order valence-corrected chi connectivity index (χ3v) is 3.31. The third-order valence-electron chi connectivity index (χ3n) is 2.38. The Bertz CT molecular complexity index is 727. The van der Waals surface area contributed by atoms with E-state index in [9.17, 15) is 17.1 Å². The average Bonchev–Trinajstić information content (AvgIpc) is 2.35. The van der Waals surface area contributed by atoms with Gasteiger partial charge in [-0.05, 0) is 24.3 Å². The van der Waals surface area contributed by atoms with Gasteiger partial charge in [0.05, 0.1) is 18.2 Å². The SMILES string of the molecule is COC(=O)c1ccc2ncccc2c1S(=O)(=O)F. The van der Waals surface area contributed by atoms with Crippen LogP contribution in [-0.2, 0) is 15.0 Å². The second kappa shape index (κ2) is 4.34. The molecule has 0 fully saturated rings. The number of fused-ring (bicyclic) bond motifs is 1. The highest BCUT2D eigenvalue weighted by molar-refractivity contribution is 7.86. The zero-order chi connectivity index (χ0) is 13.3. The van der Waals surface area contributed by atoms with Gasteiger partial charge in [0.15, 0.2) is 0 Å². The quantitative estimate of drug-likeness (QED) is 0.612. The fourth-order valence-corrected chi connectivity index (χ4v) is 2.51. The summed E-state index contributed by atoms with van der Waals surface area (Å²) in [6, 6.07) is 5.43. The van der Waals surface area contributed by atoms with Gasteiger partial charge in [-0.2, -0.15) is 8.42 Å². The molecule has 0 spiro atoms. The molecule has 0 bridgehead atoms. The highest BCUT2D eigenvalue weighted by Crippen LogP contribution is 2.27. The fourth-order valence-electron chi connectivity index (χ4n) is 1.66. The van der Waals surface area contributed by atoms with Crippen LogP contribution in [0, 0.1) is 0 Å². The Kier molecular flexibility index (Phi) is 3.00. The molecule has 1 aromatic heterocycles. The van der Waals surface area contributed by atoms with Crippen molar-refractivity contribution in [3.63, 3.8) is 0 Å². The lowest BCUT2D eigenvalue weighted by Crippen LogP contribution is -2.08. The van der Waals surface area contributed by atoms with Crippen molar-refractivity contribution in [3.8, 4) is 0 Å². The van der Waals surface area contributed by atoms with Crippen LogP contribution in [0.5, 0.6) is 0 Å². The highest BCUT2D eigenvalue weighted by Gasteiger charge is 2.25. The number of benzene rings is 1. The molecule has 0 N–H and O–H groups in total. The maximum Gasteiger partial charge on any atom is 0.339 e. The first-order valence-electron chi connectivity index (χ1n) is 4.86. The van der Waals surface area contributed by atoms with E-state index in [2.05, 4.69) is 9.72 Å². The van der Waals surface area contributed by atoms with E-state index in [0.29, 0.717) is 0 Å². The van der Waals surface area contributed by atoms with Crippen LogP contribution in [0.25, 0.3) is 10.9 Å². The Balaban J connectivity index is 2.93. The molecule has 1 aromatic carbocycles. The number of rotatable bonds is 2. The molecule has 0 aliphatic heterocycles. The lowest BCUT2D eigenvalue weighted by Gasteiger charge is -2.07. The summed E-state index contributed by atoms with van der Waals surface area (Å²) < 4.78 is 40.1. The van der Waals surface area contributed by atoms with Crippen LogP contribution in [0.3, 0.4) is 0 Å². The van der Waals surface area contributed by atoms with Crippen LogP contribution in [0.4, 0.5) is 3.89 Å². The summed E-state index contributed by atoms with van der Waals surface area (Å²) in [6.07, 6.45) is 1.44. The first-order chi connectivity index (χ1) is 8.45. The van der Waals surface area contributed by atoms with Gasteiger partial charge in [-0.25, -0.2) is 4.79 Å².